The molecule has 0 aromatic rings. The maximum Gasteiger partial charge on any atom is 0.174 e. The molecule has 0 saturated carbocycles. The van der Waals surface area contributed by atoms with Crippen LogP contribution < -0.4 is 0 Å². The van der Waals surface area contributed by atoms with E-state index in [-0.39, 0.29) is 24.4 Å². The lowest BCUT2D eigenvalue weighted by Gasteiger charge is -2.39. The number of hydrogen-bond acceptors (Lipinski definition) is 5. The predicted octanol–water partition coefficient (Wildman–Crippen LogP) is 1.23. The van der Waals surface area contributed by atoms with Gasteiger partial charge < -0.3 is 24.4 Å². The number of aliphatic hydroxyl groups excluding tert-OH is 2. The molecule has 0 aromatic heterocycles. The SMILES string of the molecule is CCC(O)C=CC(O)OC1C(C)OC(C)CC1OC. The summed E-state index contributed by atoms with van der Waals surface area (Å²) >= 11 is 0. The summed E-state index contributed by atoms with van der Waals surface area (Å²) in [4.78, 5) is 0. The van der Waals surface area contributed by atoms with Crippen molar-refractivity contribution in [1.29, 1.82) is 0 Å². The zero-order chi connectivity index (χ0) is 14.4. The molecule has 0 radical (unpaired) electrons. The lowest BCUT2D eigenvalue weighted by Crippen LogP contribution is -2.49. The monoisotopic (exact) mass is 274 g/mol. The molecule has 6 atom stereocenters. The van der Waals surface area contributed by atoms with Crippen molar-refractivity contribution in [3.05, 3.63) is 12.2 Å². The predicted molar refractivity (Wildman–Crippen MR) is 71.7 cm³/mol. The summed E-state index contributed by atoms with van der Waals surface area (Å²) in [5.41, 5.74) is 0. The maximum atomic E-state index is 9.81. The molecule has 1 saturated heterocycles. The summed E-state index contributed by atoms with van der Waals surface area (Å²) in [5, 5.41) is 19.2. The second kappa shape index (κ2) is 7.97. The van der Waals surface area contributed by atoms with Crippen molar-refractivity contribution in [2.75, 3.05) is 7.11 Å². The van der Waals surface area contributed by atoms with Gasteiger partial charge in [-0.2, -0.15) is 0 Å². The van der Waals surface area contributed by atoms with Crippen LogP contribution in [0.5, 0.6) is 0 Å². The highest BCUT2D eigenvalue weighted by Crippen LogP contribution is 2.25. The lowest BCUT2D eigenvalue weighted by atomic mass is 9.99. The fraction of sp³-hybridized carbons (Fsp3) is 0.857. The van der Waals surface area contributed by atoms with E-state index < -0.39 is 12.4 Å². The Morgan fingerprint density at radius 1 is 1.32 bits per heavy atom. The third-order valence-electron chi connectivity index (χ3n) is 3.36. The van der Waals surface area contributed by atoms with Crippen LogP contribution in [-0.4, -0.2) is 54.1 Å². The summed E-state index contributed by atoms with van der Waals surface area (Å²) in [6, 6.07) is 0. The van der Waals surface area contributed by atoms with Gasteiger partial charge in [-0.25, -0.2) is 0 Å². The summed E-state index contributed by atoms with van der Waals surface area (Å²) in [7, 11) is 1.63. The van der Waals surface area contributed by atoms with Crippen molar-refractivity contribution in [2.45, 2.75) is 70.4 Å². The van der Waals surface area contributed by atoms with Crippen molar-refractivity contribution in [1.82, 2.24) is 0 Å². The Kier molecular flexibility index (Phi) is 6.96. The number of aliphatic hydroxyl groups is 2. The summed E-state index contributed by atoms with van der Waals surface area (Å²) < 4.78 is 16.6. The van der Waals surface area contributed by atoms with Crippen LogP contribution in [0.1, 0.15) is 33.6 Å². The lowest BCUT2D eigenvalue weighted by molar-refractivity contribution is -0.225. The fourth-order valence-corrected chi connectivity index (χ4v) is 2.26. The van der Waals surface area contributed by atoms with Crippen molar-refractivity contribution < 1.29 is 24.4 Å². The van der Waals surface area contributed by atoms with Gasteiger partial charge in [-0.3, -0.25) is 0 Å². The Morgan fingerprint density at radius 3 is 2.58 bits per heavy atom. The molecule has 0 spiro atoms. The van der Waals surface area contributed by atoms with E-state index in [1.165, 1.54) is 12.2 Å². The normalized spacial score (nSPS) is 35.5. The van der Waals surface area contributed by atoms with E-state index in [1.54, 1.807) is 7.11 Å². The molecule has 19 heavy (non-hydrogen) atoms. The van der Waals surface area contributed by atoms with Gasteiger partial charge in [0.05, 0.1) is 24.4 Å². The van der Waals surface area contributed by atoms with Crippen LogP contribution in [0.25, 0.3) is 0 Å². The molecule has 1 rings (SSSR count). The average Bonchev–Trinajstić information content (AvgIpc) is 2.38. The van der Waals surface area contributed by atoms with Gasteiger partial charge >= 0.3 is 0 Å². The molecule has 1 fully saturated rings. The van der Waals surface area contributed by atoms with Gasteiger partial charge in [-0.1, -0.05) is 13.0 Å². The fourth-order valence-electron chi connectivity index (χ4n) is 2.26. The summed E-state index contributed by atoms with van der Waals surface area (Å²) in [6.45, 7) is 5.76. The molecular weight excluding hydrogens is 248 g/mol. The number of hydrogen-bond donors (Lipinski definition) is 2. The van der Waals surface area contributed by atoms with Crippen LogP contribution >= 0.6 is 0 Å². The van der Waals surface area contributed by atoms with Gasteiger partial charge in [-0.15, -0.1) is 0 Å². The summed E-state index contributed by atoms with van der Waals surface area (Å²) in [6.07, 6.45) is 2.25. The number of methoxy groups -OCH3 is 1. The number of rotatable bonds is 6. The van der Waals surface area contributed by atoms with Gasteiger partial charge in [0.1, 0.15) is 6.10 Å². The molecule has 0 amide bonds. The summed E-state index contributed by atoms with van der Waals surface area (Å²) in [5.74, 6) is 0. The molecule has 1 aliphatic heterocycles. The quantitative estimate of drug-likeness (QED) is 0.563. The smallest absolute Gasteiger partial charge is 0.174 e. The largest absolute Gasteiger partial charge is 0.389 e. The van der Waals surface area contributed by atoms with E-state index in [1.807, 2.05) is 20.8 Å². The molecule has 6 unspecified atom stereocenters. The molecule has 2 N–H and O–H groups in total. The van der Waals surface area contributed by atoms with Crippen molar-refractivity contribution >= 4 is 0 Å². The molecule has 0 aromatic carbocycles. The molecule has 5 nitrogen and oxygen atoms in total. The first-order chi connectivity index (χ1) is 8.97. The second-order valence-electron chi connectivity index (χ2n) is 5.01. The second-order valence-corrected chi connectivity index (χ2v) is 5.01. The zero-order valence-electron chi connectivity index (χ0n) is 12.2. The Hall–Kier alpha value is -0.460. The molecule has 0 bridgehead atoms. The van der Waals surface area contributed by atoms with Gasteiger partial charge in [-0.05, 0) is 26.3 Å². The van der Waals surface area contributed by atoms with E-state index in [2.05, 4.69) is 0 Å². The third kappa shape index (κ3) is 5.20. The van der Waals surface area contributed by atoms with Gasteiger partial charge in [0.2, 0.25) is 0 Å². The van der Waals surface area contributed by atoms with Crippen molar-refractivity contribution in [3.63, 3.8) is 0 Å². The van der Waals surface area contributed by atoms with Crippen molar-refractivity contribution in [3.8, 4) is 0 Å². The third-order valence-corrected chi connectivity index (χ3v) is 3.36. The maximum absolute atomic E-state index is 9.81. The highest BCUT2D eigenvalue weighted by atomic mass is 16.6. The topological polar surface area (TPSA) is 68.2 Å². The first-order valence-electron chi connectivity index (χ1n) is 6.86. The van der Waals surface area contributed by atoms with Gasteiger partial charge in [0, 0.05) is 13.5 Å². The minimum atomic E-state index is -1.07. The van der Waals surface area contributed by atoms with E-state index >= 15 is 0 Å². The Labute approximate surface area is 115 Å². The van der Waals surface area contributed by atoms with E-state index in [0.717, 1.165) is 6.42 Å². The van der Waals surface area contributed by atoms with E-state index in [0.29, 0.717) is 6.42 Å². The van der Waals surface area contributed by atoms with Crippen molar-refractivity contribution in [2.24, 2.45) is 0 Å². The highest BCUT2D eigenvalue weighted by Gasteiger charge is 2.36. The molecule has 5 heteroatoms. The van der Waals surface area contributed by atoms with E-state index in [4.69, 9.17) is 14.2 Å². The molecule has 112 valence electrons. The van der Waals surface area contributed by atoms with Crippen LogP contribution in [0, 0.1) is 0 Å². The highest BCUT2D eigenvalue weighted by molar-refractivity contribution is 4.92. The Balaban J connectivity index is 2.55. The van der Waals surface area contributed by atoms with Gasteiger partial charge in [0.15, 0.2) is 6.29 Å². The average molecular weight is 274 g/mol. The molecule has 0 aliphatic carbocycles. The van der Waals surface area contributed by atoms with Gasteiger partial charge in [0.25, 0.3) is 0 Å². The zero-order valence-corrected chi connectivity index (χ0v) is 12.2. The molecule has 1 heterocycles. The Bertz CT molecular complexity index is 281. The van der Waals surface area contributed by atoms with Crippen LogP contribution in [0.3, 0.4) is 0 Å². The first-order valence-corrected chi connectivity index (χ1v) is 6.86. The minimum absolute atomic E-state index is 0.0992. The minimum Gasteiger partial charge on any atom is -0.389 e. The first kappa shape index (κ1) is 16.6. The molecular formula is C14H26O5. The van der Waals surface area contributed by atoms with Crippen LogP contribution in [-0.2, 0) is 14.2 Å². The number of ether oxygens (including phenoxy) is 3. The Morgan fingerprint density at radius 2 is 2.00 bits per heavy atom. The van der Waals surface area contributed by atoms with E-state index in [9.17, 15) is 10.2 Å². The van der Waals surface area contributed by atoms with Crippen LogP contribution in [0.4, 0.5) is 0 Å². The molecule has 1 aliphatic rings. The van der Waals surface area contributed by atoms with Crippen LogP contribution in [0.15, 0.2) is 12.2 Å². The standard InChI is InChI=1S/C14H26O5/c1-5-11(15)6-7-13(16)19-14-10(3)18-9(2)8-12(14)17-4/h6-7,9-16H,5,8H2,1-4H3. The van der Waals surface area contributed by atoms with Crippen LogP contribution in [0.2, 0.25) is 0 Å².